The van der Waals surface area contributed by atoms with Gasteiger partial charge in [0.05, 0.1) is 12.7 Å². The maximum Gasteiger partial charge on any atom is 0.127 e. The van der Waals surface area contributed by atoms with Gasteiger partial charge < -0.3 is 9.47 Å². The minimum atomic E-state index is 0.000451. The van der Waals surface area contributed by atoms with Crippen LogP contribution >= 0.6 is 0 Å². The zero-order valence-electron chi connectivity index (χ0n) is 17.8. The lowest BCUT2D eigenvalue weighted by atomic mass is 9.93. The number of rotatable bonds is 10. The lowest BCUT2D eigenvalue weighted by Gasteiger charge is -2.31. The summed E-state index contributed by atoms with van der Waals surface area (Å²) < 4.78 is 12.8. The van der Waals surface area contributed by atoms with Gasteiger partial charge in [0.1, 0.15) is 11.9 Å². The Bertz CT molecular complexity index is 841. The molecule has 152 valence electrons. The molecular formula is C27H32O2. The van der Waals surface area contributed by atoms with Gasteiger partial charge in [0, 0.05) is 0 Å². The van der Waals surface area contributed by atoms with Crippen molar-refractivity contribution in [1.82, 2.24) is 0 Å². The Morgan fingerprint density at radius 3 is 2.00 bits per heavy atom. The molecule has 3 rings (SSSR count). The van der Waals surface area contributed by atoms with Crippen LogP contribution in [0.4, 0.5) is 0 Å². The van der Waals surface area contributed by atoms with E-state index in [0.29, 0.717) is 12.5 Å². The molecule has 0 spiro atoms. The lowest BCUT2D eigenvalue weighted by Crippen LogP contribution is -2.38. The third-order valence-electron chi connectivity index (χ3n) is 5.55. The van der Waals surface area contributed by atoms with Gasteiger partial charge in [-0.2, -0.15) is 0 Å². The highest BCUT2D eigenvalue weighted by Crippen LogP contribution is 2.28. The Labute approximate surface area is 175 Å². The molecule has 2 heteroatoms. The average molecular weight is 389 g/mol. The molecule has 0 aliphatic heterocycles. The summed E-state index contributed by atoms with van der Waals surface area (Å²) >= 11 is 0. The monoisotopic (exact) mass is 388 g/mol. The second-order valence-electron chi connectivity index (χ2n) is 7.55. The maximum atomic E-state index is 6.55. The van der Waals surface area contributed by atoms with E-state index in [4.69, 9.17) is 9.47 Å². The number of benzene rings is 3. The molecule has 0 saturated carbocycles. The minimum absolute atomic E-state index is 0.000451. The third kappa shape index (κ3) is 5.95. The smallest absolute Gasteiger partial charge is 0.127 e. The molecule has 29 heavy (non-hydrogen) atoms. The fourth-order valence-corrected chi connectivity index (χ4v) is 3.76. The van der Waals surface area contributed by atoms with Crippen LogP contribution < -0.4 is 4.74 Å². The highest BCUT2D eigenvalue weighted by atomic mass is 16.5. The Morgan fingerprint density at radius 1 is 0.724 bits per heavy atom. The molecule has 0 heterocycles. The third-order valence-corrected chi connectivity index (χ3v) is 5.55. The Balaban J connectivity index is 1.75. The van der Waals surface area contributed by atoms with E-state index in [-0.39, 0.29) is 12.2 Å². The molecule has 0 bridgehead atoms. The fraction of sp³-hybridized carbons (Fsp3) is 0.333. The molecule has 0 aliphatic rings. The van der Waals surface area contributed by atoms with Crippen molar-refractivity contribution >= 4 is 0 Å². The molecule has 0 unspecified atom stereocenters. The Morgan fingerprint density at radius 2 is 1.34 bits per heavy atom. The first-order valence-electron chi connectivity index (χ1n) is 10.7. The summed E-state index contributed by atoms with van der Waals surface area (Å²) in [6.07, 6.45) is 2.15. The largest absolute Gasteiger partial charge is 0.487 e. The molecule has 0 saturated heterocycles. The van der Waals surface area contributed by atoms with E-state index >= 15 is 0 Å². The van der Waals surface area contributed by atoms with E-state index in [9.17, 15) is 0 Å². The molecular weight excluding hydrogens is 356 g/mol. The van der Waals surface area contributed by atoms with Gasteiger partial charge >= 0.3 is 0 Å². The second kappa shape index (κ2) is 10.8. The number of hydrogen-bond donors (Lipinski definition) is 0. The van der Waals surface area contributed by atoms with E-state index in [0.717, 1.165) is 18.6 Å². The summed E-state index contributed by atoms with van der Waals surface area (Å²) in [5, 5.41) is 0. The van der Waals surface area contributed by atoms with Gasteiger partial charge in [0.2, 0.25) is 0 Å². The van der Waals surface area contributed by atoms with E-state index in [1.54, 1.807) is 0 Å². The predicted molar refractivity (Wildman–Crippen MR) is 121 cm³/mol. The van der Waals surface area contributed by atoms with Crippen LogP contribution in [0.1, 0.15) is 39.2 Å². The van der Waals surface area contributed by atoms with Gasteiger partial charge in [-0.05, 0) is 54.5 Å². The van der Waals surface area contributed by atoms with Crippen LogP contribution in [0.25, 0.3) is 11.1 Å². The summed E-state index contributed by atoms with van der Waals surface area (Å²) in [7, 11) is 0. The van der Waals surface area contributed by atoms with E-state index in [2.05, 4.69) is 75.4 Å². The lowest BCUT2D eigenvalue weighted by molar-refractivity contribution is -0.0486. The molecule has 0 amide bonds. The van der Waals surface area contributed by atoms with Crippen LogP contribution in [0.5, 0.6) is 5.75 Å². The first kappa shape index (κ1) is 21.1. The summed E-state index contributed by atoms with van der Waals surface area (Å²) in [4.78, 5) is 0. The van der Waals surface area contributed by atoms with Crippen molar-refractivity contribution in [1.29, 1.82) is 0 Å². The van der Waals surface area contributed by atoms with Gasteiger partial charge in [-0.25, -0.2) is 0 Å². The van der Waals surface area contributed by atoms with Gasteiger partial charge in [-0.3, -0.25) is 0 Å². The molecule has 0 N–H and O–H groups in total. The van der Waals surface area contributed by atoms with Crippen molar-refractivity contribution < 1.29 is 9.47 Å². The minimum Gasteiger partial charge on any atom is -0.487 e. The second-order valence-corrected chi connectivity index (χ2v) is 7.55. The molecule has 3 aromatic carbocycles. The van der Waals surface area contributed by atoms with E-state index < -0.39 is 0 Å². The molecule has 0 aromatic heterocycles. The zero-order chi connectivity index (χ0) is 20.5. The van der Waals surface area contributed by atoms with Gasteiger partial charge in [-0.15, -0.1) is 0 Å². The van der Waals surface area contributed by atoms with E-state index in [1.165, 1.54) is 16.7 Å². The van der Waals surface area contributed by atoms with Gasteiger partial charge in [0.25, 0.3) is 0 Å². The summed E-state index contributed by atoms with van der Waals surface area (Å²) in [6.45, 7) is 7.20. The first-order chi connectivity index (χ1) is 14.2. The van der Waals surface area contributed by atoms with Crippen molar-refractivity contribution in [3.8, 4) is 16.9 Å². The molecule has 0 aliphatic carbocycles. The predicted octanol–water partition coefficient (Wildman–Crippen LogP) is 7.14. The Hall–Kier alpha value is -2.58. The van der Waals surface area contributed by atoms with Crippen LogP contribution in [0.2, 0.25) is 0 Å². The summed E-state index contributed by atoms with van der Waals surface area (Å²) in [5.41, 5.74) is 3.56. The first-order valence-corrected chi connectivity index (χ1v) is 10.7. The summed E-state index contributed by atoms with van der Waals surface area (Å²) in [6, 6.07) is 29.1. The average Bonchev–Trinajstić information content (AvgIpc) is 2.79. The van der Waals surface area contributed by atoms with Gasteiger partial charge in [-0.1, -0.05) is 86.6 Å². The quantitative estimate of drug-likeness (QED) is 0.367. The topological polar surface area (TPSA) is 18.5 Å². The zero-order valence-corrected chi connectivity index (χ0v) is 17.8. The number of ether oxygens (including phenoxy) is 2. The highest BCUT2D eigenvalue weighted by Gasteiger charge is 2.27. The normalized spacial score (nSPS) is 13.2. The number of hydrogen-bond acceptors (Lipinski definition) is 2. The van der Waals surface area contributed by atoms with Crippen LogP contribution in [-0.2, 0) is 11.3 Å². The van der Waals surface area contributed by atoms with E-state index in [1.807, 2.05) is 30.3 Å². The van der Waals surface area contributed by atoms with Crippen LogP contribution in [0, 0.1) is 5.92 Å². The van der Waals surface area contributed by atoms with Crippen molar-refractivity contribution in [2.24, 2.45) is 5.92 Å². The fourth-order valence-electron chi connectivity index (χ4n) is 3.76. The SMILES string of the molecule is CCC(CC)[C@@H](Oc1cccc(-c2ccccc2)c1)[C@H](C)OCc1ccccc1. The van der Waals surface area contributed by atoms with Crippen molar-refractivity contribution in [3.63, 3.8) is 0 Å². The van der Waals surface area contributed by atoms with Crippen LogP contribution in [0.3, 0.4) is 0 Å². The van der Waals surface area contributed by atoms with Crippen LogP contribution in [-0.4, -0.2) is 12.2 Å². The molecule has 0 fully saturated rings. The summed E-state index contributed by atoms with van der Waals surface area (Å²) in [5.74, 6) is 1.35. The highest BCUT2D eigenvalue weighted by molar-refractivity contribution is 5.64. The molecule has 3 aromatic rings. The molecule has 2 nitrogen and oxygen atoms in total. The van der Waals surface area contributed by atoms with Crippen molar-refractivity contribution in [2.75, 3.05) is 0 Å². The standard InChI is InChI=1S/C27H32O2/c1-4-23(5-2)27(21(3)28-20-22-13-8-6-9-14-22)29-26-18-12-17-25(19-26)24-15-10-7-11-16-24/h6-19,21,23,27H,4-5,20H2,1-3H3/t21-,27-/m0/s1. The molecule has 0 radical (unpaired) electrons. The Kier molecular flexibility index (Phi) is 7.89. The maximum absolute atomic E-state index is 6.55. The van der Waals surface area contributed by atoms with Crippen molar-refractivity contribution in [3.05, 3.63) is 90.5 Å². The van der Waals surface area contributed by atoms with Crippen LogP contribution in [0.15, 0.2) is 84.9 Å². The van der Waals surface area contributed by atoms with Crippen molar-refractivity contribution in [2.45, 2.75) is 52.4 Å². The van der Waals surface area contributed by atoms with Gasteiger partial charge in [0.15, 0.2) is 0 Å². The molecule has 2 atom stereocenters.